The Balaban J connectivity index is 1.88. The molecular formula is C15H22N2O2. The van der Waals surface area contributed by atoms with Crippen LogP contribution in [0.15, 0.2) is 24.3 Å². The Morgan fingerprint density at radius 3 is 2.74 bits per heavy atom. The molecule has 0 amide bonds. The summed E-state index contributed by atoms with van der Waals surface area (Å²) in [6.07, 6.45) is 6.61. The van der Waals surface area contributed by atoms with Crippen LogP contribution in [0.4, 0.5) is 5.69 Å². The van der Waals surface area contributed by atoms with Gasteiger partial charge in [0.05, 0.1) is 4.92 Å². The van der Waals surface area contributed by atoms with E-state index in [4.69, 9.17) is 0 Å². The van der Waals surface area contributed by atoms with Gasteiger partial charge in [-0.05, 0) is 25.8 Å². The molecule has 1 fully saturated rings. The van der Waals surface area contributed by atoms with Crippen LogP contribution in [0.25, 0.3) is 0 Å². The van der Waals surface area contributed by atoms with Crippen molar-refractivity contribution in [2.75, 3.05) is 6.54 Å². The minimum Gasteiger partial charge on any atom is -0.310 e. The van der Waals surface area contributed by atoms with Gasteiger partial charge in [-0.1, -0.05) is 43.9 Å². The normalized spacial score (nSPS) is 17.5. The highest BCUT2D eigenvalue weighted by molar-refractivity contribution is 5.41. The molecule has 2 rings (SSSR count). The van der Waals surface area contributed by atoms with Crippen LogP contribution in [-0.2, 0) is 0 Å². The molecule has 4 heteroatoms. The van der Waals surface area contributed by atoms with Crippen molar-refractivity contribution in [1.29, 1.82) is 0 Å². The molecular weight excluding hydrogens is 240 g/mol. The highest BCUT2D eigenvalue weighted by atomic mass is 16.6. The molecule has 4 nitrogen and oxygen atoms in total. The molecule has 1 aromatic carbocycles. The van der Waals surface area contributed by atoms with E-state index in [0.717, 1.165) is 18.0 Å². The standard InChI is InChI=1S/C15H22N2O2/c1-12(16-11-10-13-6-2-3-7-13)14-8-4-5-9-15(14)17(18)19/h4-5,8-9,12-13,16H,2-3,6-7,10-11H2,1H3. The SMILES string of the molecule is CC(NCCC1CCCC1)c1ccccc1[N+](=O)[O-]. The van der Waals surface area contributed by atoms with Gasteiger partial charge in [0.15, 0.2) is 0 Å². The van der Waals surface area contributed by atoms with E-state index in [1.807, 2.05) is 19.1 Å². The zero-order valence-electron chi connectivity index (χ0n) is 11.5. The molecule has 104 valence electrons. The topological polar surface area (TPSA) is 55.2 Å². The molecule has 1 atom stereocenters. The summed E-state index contributed by atoms with van der Waals surface area (Å²) in [7, 11) is 0. The van der Waals surface area contributed by atoms with E-state index in [-0.39, 0.29) is 16.7 Å². The Kier molecular flexibility index (Phi) is 4.91. The third-order valence-electron chi connectivity index (χ3n) is 4.08. The Labute approximate surface area is 114 Å². The maximum atomic E-state index is 11.0. The molecule has 0 saturated heterocycles. The lowest BCUT2D eigenvalue weighted by molar-refractivity contribution is -0.385. The van der Waals surface area contributed by atoms with E-state index in [0.29, 0.717) is 0 Å². The summed E-state index contributed by atoms with van der Waals surface area (Å²) in [5.74, 6) is 0.852. The van der Waals surface area contributed by atoms with Crippen molar-refractivity contribution in [1.82, 2.24) is 5.32 Å². The van der Waals surface area contributed by atoms with E-state index in [2.05, 4.69) is 5.32 Å². The first-order chi connectivity index (χ1) is 9.18. The van der Waals surface area contributed by atoms with Crippen molar-refractivity contribution in [2.45, 2.75) is 45.1 Å². The summed E-state index contributed by atoms with van der Waals surface area (Å²) in [5.41, 5.74) is 0.988. The molecule has 0 radical (unpaired) electrons. The predicted octanol–water partition coefficient (Wildman–Crippen LogP) is 3.83. The largest absolute Gasteiger partial charge is 0.310 e. The Morgan fingerprint density at radius 2 is 2.05 bits per heavy atom. The fourth-order valence-electron chi connectivity index (χ4n) is 2.93. The second kappa shape index (κ2) is 6.66. The van der Waals surface area contributed by atoms with Gasteiger partial charge < -0.3 is 5.32 Å². The van der Waals surface area contributed by atoms with Crippen LogP contribution in [-0.4, -0.2) is 11.5 Å². The van der Waals surface area contributed by atoms with Crippen molar-refractivity contribution in [3.63, 3.8) is 0 Å². The summed E-state index contributed by atoms with van der Waals surface area (Å²) in [6.45, 7) is 2.94. The number of nitrogens with zero attached hydrogens (tertiary/aromatic N) is 1. The number of nitrogens with one attached hydrogen (secondary N) is 1. The van der Waals surface area contributed by atoms with Crippen LogP contribution in [0.5, 0.6) is 0 Å². The first kappa shape index (κ1) is 14.0. The second-order valence-electron chi connectivity index (χ2n) is 5.43. The molecule has 19 heavy (non-hydrogen) atoms. The molecule has 0 heterocycles. The lowest BCUT2D eigenvalue weighted by atomic mass is 10.0. The zero-order valence-corrected chi connectivity index (χ0v) is 11.5. The molecule has 1 N–H and O–H groups in total. The Bertz CT molecular complexity index is 428. The lowest BCUT2D eigenvalue weighted by Crippen LogP contribution is -2.22. The average molecular weight is 262 g/mol. The highest BCUT2D eigenvalue weighted by Crippen LogP contribution is 2.28. The number of hydrogen-bond acceptors (Lipinski definition) is 3. The molecule has 0 aromatic heterocycles. The van der Waals surface area contributed by atoms with Gasteiger partial charge in [0.1, 0.15) is 0 Å². The number of hydrogen-bond donors (Lipinski definition) is 1. The number of rotatable bonds is 6. The molecule has 0 spiro atoms. The van der Waals surface area contributed by atoms with Crippen molar-refractivity contribution in [3.8, 4) is 0 Å². The third kappa shape index (κ3) is 3.77. The molecule has 1 aliphatic carbocycles. The van der Waals surface area contributed by atoms with Crippen LogP contribution >= 0.6 is 0 Å². The van der Waals surface area contributed by atoms with E-state index < -0.39 is 0 Å². The summed E-state index contributed by atoms with van der Waals surface area (Å²) in [6, 6.07) is 7.02. The van der Waals surface area contributed by atoms with Gasteiger partial charge in [-0.3, -0.25) is 10.1 Å². The zero-order chi connectivity index (χ0) is 13.7. The van der Waals surface area contributed by atoms with Crippen LogP contribution in [0.2, 0.25) is 0 Å². The summed E-state index contributed by atoms with van der Waals surface area (Å²) >= 11 is 0. The van der Waals surface area contributed by atoms with Crippen molar-refractivity contribution in [3.05, 3.63) is 39.9 Å². The first-order valence-electron chi connectivity index (χ1n) is 7.15. The first-order valence-corrected chi connectivity index (χ1v) is 7.15. The monoisotopic (exact) mass is 262 g/mol. The lowest BCUT2D eigenvalue weighted by Gasteiger charge is -2.16. The van der Waals surface area contributed by atoms with E-state index >= 15 is 0 Å². The number of para-hydroxylation sites is 1. The number of benzene rings is 1. The van der Waals surface area contributed by atoms with Gasteiger partial charge in [-0.25, -0.2) is 0 Å². The minimum atomic E-state index is -0.301. The fraction of sp³-hybridized carbons (Fsp3) is 0.600. The van der Waals surface area contributed by atoms with Crippen molar-refractivity contribution in [2.24, 2.45) is 5.92 Å². The van der Waals surface area contributed by atoms with Gasteiger partial charge in [0, 0.05) is 17.7 Å². The van der Waals surface area contributed by atoms with Gasteiger partial charge in [0.25, 0.3) is 5.69 Å². The third-order valence-corrected chi connectivity index (χ3v) is 4.08. The van der Waals surface area contributed by atoms with Crippen LogP contribution in [0, 0.1) is 16.0 Å². The predicted molar refractivity (Wildman–Crippen MR) is 76.1 cm³/mol. The maximum absolute atomic E-state index is 11.0. The molecule has 0 bridgehead atoms. The van der Waals surface area contributed by atoms with Gasteiger partial charge >= 0.3 is 0 Å². The number of nitro groups is 1. The van der Waals surface area contributed by atoms with E-state index in [9.17, 15) is 10.1 Å². The molecule has 1 aliphatic rings. The molecule has 1 aromatic rings. The maximum Gasteiger partial charge on any atom is 0.274 e. The smallest absolute Gasteiger partial charge is 0.274 e. The summed E-state index contributed by atoms with van der Waals surface area (Å²) in [5, 5.41) is 14.4. The Morgan fingerprint density at radius 1 is 1.37 bits per heavy atom. The molecule has 1 saturated carbocycles. The quantitative estimate of drug-likeness (QED) is 0.626. The summed E-state index contributed by atoms with van der Waals surface area (Å²) < 4.78 is 0. The second-order valence-corrected chi connectivity index (χ2v) is 5.43. The van der Waals surface area contributed by atoms with Crippen LogP contribution in [0.3, 0.4) is 0 Å². The summed E-state index contributed by atoms with van der Waals surface area (Å²) in [4.78, 5) is 10.7. The minimum absolute atomic E-state index is 0.0306. The molecule has 0 aliphatic heterocycles. The Hall–Kier alpha value is -1.42. The highest BCUT2D eigenvalue weighted by Gasteiger charge is 2.19. The van der Waals surface area contributed by atoms with Crippen LogP contribution in [0.1, 0.15) is 50.6 Å². The molecule has 1 unspecified atom stereocenters. The van der Waals surface area contributed by atoms with Gasteiger partial charge in [-0.15, -0.1) is 0 Å². The van der Waals surface area contributed by atoms with E-state index in [1.54, 1.807) is 12.1 Å². The van der Waals surface area contributed by atoms with Gasteiger partial charge in [0.2, 0.25) is 0 Å². The average Bonchev–Trinajstić information content (AvgIpc) is 2.91. The number of nitro benzene ring substituents is 1. The van der Waals surface area contributed by atoms with Crippen LogP contribution < -0.4 is 5.32 Å². The van der Waals surface area contributed by atoms with E-state index in [1.165, 1.54) is 32.1 Å². The van der Waals surface area contributed by atoms with Crippen molar-refractivity contribution >= 4 is 5.69 Å². The fourth-order valence-corrected chi connectivity index (χ4v) is 2.93. The van der Waals surface area contributed by atoms with Gasteiger partial charge in [-0.2, -0.15) is 0 Å². The van der Waals surface area contributed by atoms with Crippen molar-refractivity contribution < 1.29 is 4.92 Å².